The van der Waals surface area contributed by atoms with Crippen molar-refractivity contribution >= 4 is 28.9 Å². The number of nitrogens with two attached hydrogens (primary N) is 1. The number of nitrogen functional groups attached to an aromatic ring is 1. The van der Waals surface area contributed by atoms with Gasteiger partial charge in [0, 0.05) is 50.3 Å². The summed E-state index contributed by atoms with van der Waals surface area (Å²) in [5.74, 6) is 0.948. The van der Waals surface area contributed by atoms with E-state index in [4.69, 9.17) is 10.5 Å². The molecule has 1 saturated heterocycles. The summed E-state index contributed by atoms with van der Waals surface area (Å²) in [4.78, 5) is 10.3. The lowest BCUT2D eigenvalue weighted by molar-refractivity contribution is 0.113. The number of para-hydroxylation sites is 1. The third kappa shape index (κ3) is 5.66. The van der Waals surface area contributed by atoms with Crippen molar-refractivity contribution in [3.05, 3.63) is 41.4 Å². The Kier molecular flexibility index (Phi) is 7.11. The third-order valence-electron chi connectivity index (χ3n) is 3.84. The van der Waals surface area contributed by atoms with Crippen molar-refractivity contribution in [3.63, 3.8) is 0 Å². The van der Waals surface area contributed by atoms with Crippen LogP contribution in [0.3, 0.4) is 0 Å². The van der Waals surface area contributed by atoms with Gasteiger partial charge in [-0.15, -0.1) is 23.7 Å². The molecule has 1 aliphatic heterocycles. The second-order valence-electron chi connectivity index (χ2n) is 5.44. The molecule has 0 radical (unpaired) electrons. The van der Waals surface area contributed by atoms with Gasteiger partial charge >= 0.3 is 0 Å². The minimum Gasteiger partial charge on any atom is -0.492 e. The molecule has 1 aromatic heterocycles. The fourth-order valence-electron chi connectivity index (χ4n) is 2.60. The van der Waals surface area contributed by atoms with Crippen molar-refractivity contribution in [1.82, 2.24) is 14.8 Å². The zero-order valence-corrected chi connectivity index (χ0v) is 14.7. The van der Waals surface area contributed by atoms with Gasteiger partial charge in [-0.3, -0.25) is 9.80 Å². The van der Waals surface area contributed by atoms with Crippen molar-refractivity contribution < 1.29 is 4.74 Å². The molecule has 0 atom stereocenters. The molecule has 0 spiro atoms. The van der Waals surface area contributed by atoms with Crippen LogP contribution >= 0.6 is 23.7 Å². The fraction of sp³-hybridized carbons (Fsp3) is 0.438. The molecule has 7 heteroatoms. The van der Waals surface area contributed by atoms with E-state index < -0.39 is 0 Å². The molecule has 1 aromatic carbocycles. The minimum atomic E-state index is 0. The van der Waals surface area contributed by atoms with Crippen LogP contribution in [0, 0.1) is 0 Å². The monoisotopic (exact) mass is 354 g/mol. The SMILES string of the molecule is Cl.Nc1ncc(CN2CCN(CCOc3ccccc3)CC2)s1. The lowest BCUT2D eigenvalue weighted by Gasteiger charge is -2.34. The van der Waals surface area contributed by atoms with E-state index in [0.29, 0.717) is 5.13 Å². The number of ether oxygens (including phenoxy) is 1. The highest BCUT2D eigenvalue weighted by Gasteiger charge is 2.17. The van der Waals surface area contributed by atoms with E-state index >= 15 is 0 Å². The number of aromatic nitrogens is 1. The molecule has 1 fully saturated rings. The Hall–Kier alpha value is -1.34. The van der Waals surface area contributed by atoms with E-state index in [9.17, 15) is 0 Å². The Morgan fingerprint density at radius 3 is 2.43 bits per heavy atom. The number of thiazole rings is 1. The molecular weight excluding hydrogens is 332 g/mol. The number of anilines is 1. The normalized spacial score (nSPS) is 16.0. The van der Waals surface area contributed by atoms with E-state index in [1.54, 1.807) is 11.3 Å². The van der Waals surface area contributed by atoms with Crippen LogP contribution in [-0.4, -0.2) is 54.1 Å². The predicted molar refractivity (Wildman–Crippen MR) is 97.4 cm³/mol. The average molecular weight is 355 g/mol. The van der Waals surface area contributed by atoms with Crippen LogP contribution in [0.1, 0.15) is 4.88 Å². The molecule has 0 aliphatic carbocycles. The highest BCUT2D eigenvalue weighted by Crippen LogP contribution is 2.17. The third-order valence-corrected chi connectivity index (χ3v) is 4.65. The van der Waals surface area contributed by atoms with E-state index in [-0.39, 0.29) is 12.4 Å². The first-order valence-electron chi connectivity index (χ1n) is 7.62. The van der Waals surface area contributed by atoms with Gasteiger partial charge in [0.2, 0.25) is 0 Å². The van der Waals surface area contributed by atoms with Crippen LogP contribution in [0.25, 0.3) is 0 Å². The van der Waals surface area contributed by atoms with Gasteiger partial charge in [-0.25, -0.2) is 4.98 Å². The summed E-state index contributed by atoms with van der Waals surface area (Å²) in [7, 11) is 0. The Morgan fingerprint density at radius 1 is 1.09 bits per heavy atom. The predicted octanol–water partition coefficient (Wildman–Crippen LogP) is 2.34. The molecular formula is C16H23ClN4OS. The molecule has 2 heterocycles. The highest BCUT2D eigenvalue weighted by atomic mass is 35.5. The van der Waals surface area contributed by atoms with Gasteiger partial charge in [-0.1, -0.05) is 18.2 Å². The lowest BCUT2D eigenvalue weighted by atomic mass is 10.3. The molecule has 0 bridgehead atoms. The molecule has 3 rings (SSSR count). The largest absolute Gasteiger partial charge is 0.492 e. The Bertz CT molecular complexity index is 572. The van der Waals surface area contributed by atoms with Crippen molar-refractivity contribution in [2.75, 3.05) is 45.1 Å². The van der Waals surface area contributed by atoms with Crippen molar-refractivity contribution in [2.45, 2.75) is 6.54 Å². The number of piperazine rings is 1. The number of rotatable bonds is 6. The van der Waals surface area contributed by atoms with Crippen LogP contribution < -0.4 is 10.5 Å². The first-order chi connectivity index (χ1) is 10.8. The van der Waals surface area contributed by atoms with E-state index in [1.165, 1.54) is 4.88 Å². The number of halogens is 1. The Morgan fingerprint density at radius 2 is 1.78 bits per heavy atom. The molecule has 2 N–H and O–H groups in total. The number of hydrogen-bond donors (Lipinski definition) is 1. The Balaban J connectivity index is 0.00000192. The zero-order chi connectivity index (χ0) is 15.2. The molecule has 5 nitrogen and oxygen atoms in total. The summed E-state index contributed by atoms with van der Waals surface area (Å²) in [5.41, 5.74) is 5.68. The van der Waals surface area contributed by atoms with Crippen molar-refractivity contribution in [1.29, 1.82) is 0 Å². The molecule has 23 heavy (non-hydrogen) atoms. The average Bonchev–Trinajstić information content (AvgIpc) is 2.95. The highest BCUT2D eigenvalue weighted by molar-refractivity contribution is 7.15. The van der Waals surface area contributed by atoms with Gasteiger partial charge < -0.3 is 10.5 Å². The maximum Gasteiger partial charge on any atom is 0.180 e. The fourth-order valence-corrected chi connectivity index (χ4v) is 3.32. The molecule has 1 aliphatic rings. The van der Waals surface area contributed by atoms with Gasteiger partial charge in [-0.05, 0) is 12.1 Å². The summed E-state index contributed by atoms with van der Waals surface area (Å²) in [6.07, 6.45) is 1.89. The smallest absolute Gasteiger partial charge is 0.180 e. The van der Waals surface area contributed by atoms with Crippen LogP contribution in [0.2, 0.25) is 0 Å². The second-order valence-corrected chi connectivity index (χ2v) is 6.59. The van der Waals surface area contributed by atoms with Crippen LogP contribution in [0.4, 0.5) is 5.13 Å². The minimum absolute atomic E-state index is 0. The van der Waals surface area contributed by atoms with Gasteiger partial charge in [0.1, 0.15) is 12.4 Å². The van der Waals surface area contributed by atoms with Crippen LogP contribution in [-0.2, 0) is 6.54 Å². The van der Waals surface area contributed by atoms with Crippen molar-refractivity contribution in [3.8, 4) is 5.75 Å². The van der Waals surface area contributed by atoms with Crippen LogP contribution in [0.15, 0.2) is 36.5 Å². The molecule has 0 amide bonds. The molecule has 0 unspecified atom stereocenters. The Labute approximate surface area is 147 Å². The number of nitrogens with zero attached hydrogens (tertiary/aromatic N) is 3. The van der Waals surface area contributed by atoms with E-state index in [0.717, 1.165) is 51.6 Å². The van der Waals surface area contributed by atoms with Crippen LogP contribution in [0.5, 0.6) is 5.75 Å². The maximum atomic E-state index is 5.76. The van der Waals surface area contributed by atoms with Gasteiger partial charge in [0.25, 0.3) is 0 Å². The molecule has 0 saturated carbocycles. The molecule has 126 valence electrons. The summed E-state index contributed by atoms with van der Waals surface area (Å²) in [6, 6.07) is 10.0. The van der Waals surface area contributed by atoms with E-state index in [1.807, 2.05) is 36.5 Å². The standard InChI is InChI=1S/C16H22N4OS.ClH/c17-16-18-12-15(22-16)13-20-8-6-19(7-9-20)10-11-21-14-4-2-1-3-5-14;/h1-5,12H,6-11,13H2,(H2,17,18);1H. The molecule has 2 aromatic rings. The van der Waals surface area contributed by atoms with Gasteiger partial charge in [0.15, 0.2) is 5.13 Å². The van der Waals surface area contributed by atoms with E-state index in [2.05, 4.69) is 14.8 Å². The summed E-state index contributed by atoms with van der Waals surface area (Å²) < 4.78 is 5.76. The quantitative estimate of drug-likeness (QED) is 0.863. The topological polar surface area (TPSA) is 54.6 Å². The van der Waals surface area contributed by atoms with Crippen molar-refractivity contribution in [2.24, 2.45) is 0 Å². The maximum absolute atomic E-state index is 5.76. The van der Waals surface area contributed by atoms with Gasteiger partial charge in [-0.2, -0.15) is 0 Å². The zero-order valence-electron chi connectivity index (χ0n) is 13.1. The van der Waals surface area contributed by atoms with Gasteiger partial charge in [0.05, 0.1) is 0 Å². The number of benzene rings is 1. The summed E-state index contributed by atoms with van der Waals surface area (Å²) in [6.45, 7) is 7.04. The second kappa shape index (κ2) is 9.08. The summed E-state index contributed by atoms with van der Waals surface area (Å²) >= 11 is 1.59. The lowest BCUT2D eigenvalue weighted by Crippen LogP contribution is -2.46. The number of hydrogen-bond acceptors (Lipinski definition) is 6. The first kappa shape index (κ1) is 18.0. The summed E-state index contributed by atoms with van der Waals surface area (Å²) in [5, 5.41) is 0.659. The first-order valence-corrected chi connectivity index (χ1v) is 8.44.